The summed E-state index contributed by atoms with van der Waals surface area (Å²) < 4.78 is 0. The molecule has 0 spiro atoms. The number of aliphatic carboxylic acids is 1. The number of rotatable bonds is 3. The van der Waals surface area contributed by atoms with Crippen LogP contribution in [0.2, 0.25) is 0 Å². The molecule has 1 aliphatic rings. The minimum absolute atomic E-state index is 0.0103. The highest BCUT2D eigenvalue weighted by Crippen LogP contribution is 2.42. The number of likely N-dealkylation sites (tertiary alicyclic amines) is 1. The molecular formula is C13H23NO2. The summed E-state index contributed by atoms with van der Waals surface area (Å²) in [6, 6.07) is 0. The fraction of sp³-hybridized carbons (Fsp3) is 0.769. The monoisotopic (exact) mass is 225 g/mol. The van der Waals surface area contributed by atoms with Crippen molar-refractivity contribution in [2.45, 2.75) is 58.0 Å². The van der Waals surface area contributed by atoms with Crippen LogP contribution in [0.15, 0.2) is 12.8 Å². The highest BCUT2D eigenvalue weighted by atomic mass is 16.4. The first-order valence-electron chi connectivity index (χ1n) is 5.83. The van der Waals surface area contributed by atoms with Gasteiger partial charge in [0.25, 0.3) is 0 Å². The standard InChI is InChI=1S/C13H23NO2/c1-6-14-12(2,3)8-10(7-11(15)16)9-13(14,4)5/h6,10H,1,7-9H2,2-5H3,(H,15,16). The van der Waals surface area contributed by atoms with E-state index in [1.807, 2.05) is 6.20 Å². The number of carboxylic acid groups (broad SMARTS) is 1. The van der Waals surface area contributed by atoms with Gasteiger partial charge in [0.1, 0.15) is 0 Å². The first kappa shape index (κ1) is 13.1. The Labute approximate surface area is 98.1 Å². The molecule has 92 valence electrons. The average molecular weight is 225 g/mol. The lowest BCUT2D eigenvalue weighted by Crippen LogP contribution is -2.58. The Balaban J connectivity index is 2.88. The van der Waals surface area contributed by atoms with E-state index in [0.717, 1.165) is 12.8 Å². The highest BCUT2D eigenvalue weighted by Gasteiger charge is 2.43. The maximum Gasteiger partial charge on any atom is 0.303 e. The molecule has 0 aromatic heterocycles. The van der Waals surface area contributed by atoms with E-state index in [1.165, 1.54) is 0 Å². The molecule has 0 bridgehead atoms. The van der Waals surface area contributed by atoms with E-state index >= 15 is 0 Å². The average Bonchev–Trinajstić information content (AvgIpc) is 1.97. The van der Waals surface area contributed by atoms with Crippen LogP contribution in [0.3, 0.4) is 0 Å². The van der Waals surface area contributed by atoms with Crippen LogP contribution in [0.5, 0.6) is 0 Å². The summed E-state index contributed by atoms with van der Waals surface area (Å²) in [7, 11) is 0. The minimum atomic E-state index is -0.691. The smallest absolute Gasteiger partial charge is 0.303 e. The Morgan fingerprint density at radius 3 is 2.12 bits per heavy atom. The van der Waals surface area contributed by atoms with Crippen LogP contribution in [0.25, 0.3) is 0 Å². The number of nitrogens with zero attached hydrogens (tertiary/aromatic N) is 1. The van der Waals surface area contributed by atoms with Crippen molar-refractivity contribution in [1.29, 1.82) is 0 Å². The van der Waals surface area contributed by atoms with Crippen LogP contribution in [0.4, 0.5) is 0 Å². The van der Waals surface area contributed by atoms with Crippen molar-refractivity contribution in [3.05, 3.63) is 12.8 Å². The number of carboxylic acids is 1. The van der Waals surface area contributed by atoms with Gasteiger partial charge in [-0.2, -0.15) is 0 Å². The van der Waals surface area contributed by atoms with Gasteiger partial charge in [-0.3, -0.25) is 4.79 Å². The number of carbonyl (C=O) groups is 1. The molecular weight excluding hydrogens is 202 g/mol. The van der Waals surface area contributed by atoms with Gasteiger partial charge in [0, 0.05) is 17.5 Å². The molecule has 0 atom stereocenters. The molecule has 0 unspecified atom stereocenters. The van der Waals surface area contributed by atoms with Crippen LogP contribution in [-0.2, 0) is 4.79 Å². The van der Waals surface area contributed by atoms with Crippen molar-refractivity contribution in [3.63, 3.8) is 0 Å². The number of hydrogen-bond donors (Lipinski definition) is 1. The Morgan fingerprint density at radius 1 is 1.38 bits per heavy atom. The Hall–Kier alpha value is -0.990. The first-order valence-corrected chi connectivity index (χ1v) is 5.83. The lowest BCUT2D eigenvalue weighted by molar-refractivity contribution is -0.139. The van der Waals surface area contributed by atoms with Gasteiger partial charge in [-0.05, 0) is 52.7 Å². The summed E-state index contributed by atoms with van der Waals surface area (Å²) in [4.78, 5) is 13.1. The first-order chi connectivity index (χ1) is 7.19. The second kappa shape index (κ2) is 4.11. The topological polar surface area (TPSA) is 40.5 Å². The van der Waals surface area contributed by atoms with E-state index in [1.54, 1.807) is 0 Å². The molecule has 3 nitrogen and oxygen atoms in total. The zero-order chi connectivity index (χ0) is 12.6. The van der Waals surface area contributed by atoms with Crippen molar-refractivity contribution in [2.24, 2.45) is 5.92 Å². The summed E-state index contributed by atoms with van der Waals surface area (Å²) in [5.74, 6) is -0.428. The SMILES string of the molecule is C=CN1C(C)(C)CC(CC(=O)O)CC1(C)C. The van der Waals surface area contributed by atoms with E-state index in [0.29, 0.717) is 0 Å². The molecule has 0 amide bonds. The summed E-state index contributed by atoms with van der Waals surface area (Å²) in [5, 5.41) is 8.90. The van der Waals surface area contributed by atoms with Gasteiger partial charge in [-0.1, -0.05) is 6.58 Å². The maximum absolute atomic E-state index is 10.8. The van der Waals surface area contributed by atoms with E-state index in [2.05, 4.69) is 39.2 Å². The number of piperidine rings is 1. The molecule has 1 aliphatic heterocycles. The predicted molar refractivity (Wildman–Crippen MR) is 65.2 cm³/mol. The third kappa shape index (κ3) is 2.57. The molecule has 0 saturated carbocycles. The zero-order valence-corrected chi connectivity index (χ0v) is 10.8. The van der Waals surface area contributed by atoms with E-state index < -0.39 is 5.97 Å². The highest BCUT2D eigenvalue weighted by molar-refractivity contribution is 5.67. The molecule has 3 heteroatoms. The van der Waals surface area contributed by atoms with Gasteiger partial charge < -0.3 is 10.0 Å². The van der Waals surface area contributed by atoms with Gasteiger partial charge in [-0.15, -0.1) is 0 Å². The molecule has 1 N–H and O–H groups in total. The lowest BCUT2D eigenvalue weighted by atomic mass is 9.73. The minimum Gasteiger partial charge on any atom is -0.481 e. The van der Waals surface area contributed by atoms with Crippen molar-refractivity contribution in [2.75, 3.05) is 0 Å². The molecule has 1 fully saturated rings. The largest absolute Gasteiger partial charge is 0.481 e. The quantitative estimate of drug-likeness (QED) is 0.803. The van der Waals surface area contributed by atoms with Gasteiger partial charge in [0.05, 0.1) is 0 Å². The maximum atomic E-state index is 10.8. The van der Waals surface area contributed by atoms with Crippen LogP contribution >= 0.6 is 0 Å². The summed E-state index contributed by atoms with van der Waals surface area (Å²) in [6.07, 6.45) is 3.98. The summed E-state index contributed by atoms with van der Waals surface area (Å²) in [6.45, 7) is 12.5. The molecule has 1 saturated heterocycles. The second-order valence-electron chi connectivity index (χ2n) is 6.05. The van der Waals surface area contributed by atoms with Crippen LogP contribution in [-0.4, -0.2) is 27.1 Å². The van der Waals surface area contributed by atoms with Crippen LogP contribution in [0.1, 0.15) is 47.0 Å². The lowest BCUT2D eigenvalue weighted by Gasteiger charge is -2.55. The van der Waals surface area contributed by atoms with E-state index in [9.17, 15) is 4.79 Å². The Kier molecular flexibility index (Phi) is 3.36. The molecule has 0 radical (unpaired) electrons. The van der Waals surface area contributed by atoms with Gasteiger partial charge in [0.15, 0.2) is 0 Å². The molecule has 1 heterocycles. The molecule has 1 rings (SSSR count). The normalized spacial score (nSPS) is 24.1. The van der Waals surface area contributed by atoms with Crippen LogP contribution < -0.4 is 0 Å². The molecule has 0 aliphatic carbocycles. The predicted octanol–water partition coefficient (Wildman–Crippen LogP) is 2.87. The molecule has 16 heavy (non-hydrogen) atoms. The van der Waals surface area contributed by atoms with Crippen LogP contribution in [0, 0.1) is 5.92 Å². The van der Waals surface area contributed by atoms with E-state index in [4.69, 9.17) is 5.11 Å². The van der Waals surface area contributed by atoms with Crippen molar-refractivity contribution in [3.8, 4) is 0 Å². The fourth-order valence-corrected chi connectivity index (χ4v) is 3.39. The van der Waals surface area contributed by atoms with Crippen molar-refractivity contribution < 1.29 is 9.90 Å². The van der Waals surface area contributed by atoms with Crippen molar-refractivity contribution in [1.82, 2.24) is 4.90 Å². The summed E-state index contributed by atoms with van der Waals surface area (Å²) >= 11 is 0. The zero-order valence-electron chi connectivity index (χ0n) is 10.8. The van der Waals surface area contributed by atoms with Crippen molar-refractivity contribution >= 4 is 5.97 Å². The summed E-state index contributed by atoms with van der Waals surface area (Å²) in [5.41, 5.74) is -0.0206. The van der Waals surface area contributed by atoms with Gasteiger partial charge in [-0.25, -0.2) is 0 Å². The fourth-order valence-electron chi connectivity index (χ4n) is 3.39. The second-order valence-corrected chi connectivity index (χ2v) is 6.05. The number of hydrogen-bond acceptors (Lipinski definition) is 2. The molecule has 0 aromatic rings. The third-order valence-corrected chi connectivity index (χ3v) is 3.53. The Bertz CT molecular complexity index is 276. The van der Waals surface area contributed by atoms with Gasteiger partial charge >= 0.3 is 5.97 Å². The van der Waals surface area contributed by atoms with Gasteiger partial charge in [0.2, 0.25) is 0 Å². The Morgan fingerprint density at radius 2 is 1.81 bits per heavy atom. The third-order valence-electron chi connectivity index (χ3n) is 3.53. The molecule has 0 aromatic carbocycles. The van der Waals surface area contributed by atoms with E-state index in [-0.39, 0.29) is 23.4 Å².